The SMILES string of the molecule is Cc1cc(-c2ccc(C(C)(C)C)cn2)ccc1C(C)(C)C. The van der Waals surface area contributed by atoms with Crippen molar-refractivity contribution < 1.29 is 0 Å². The summed E-state index contributed by atoms with van der Waals surface area (Å²) < 4.78 is 0. The van der Waals surface area contributed by atoms with Gasteiger partial charge in [0.1, 0.15) is 0 Å². The number of rotatable bonds is 1. The van der Waals surface area contributed by atoms with Crippen molar-refractivity contribution in [2.75, 3.05) is 0 Å². The largest absolute Gasteiger partial charge is 0.256 e. The Balaban J connectivity index is 2.37. The van der Waals surface area contributed by atoms with Crippen molar-refractivity contribution in [2.24, 2.45) is 0 Å². The molecule has 112 valence electrons. The highest BCUT2D eigenvalue weighted by Gasteiger charge is 2.17. The van der Waals surface area contributed by atoms with Gasteiger partial charge in [0.15, 0.2) is 0 Å². The van der Waals surface area contributed by atoms with Crippen molar-refractivity contribution in [1.82, 2.24) is 4.98 Å². The molecule has 1 aromatic carbocycles. The number of aromatic nitrogens is 1. The van der Waals surface area contributed by atoms with Crippen LogP contribution in [0.2, 0.25) is 0 Å². The fourth-order valence-corrected chi connectivity index (χ4v) is 2.67. The van der Waals surface area contributed by atoms with Crippen LogP contribution < -0.4 is 0 Å². The zero-order valence-electron chi connectivity index (χ0n) is 14.4. The van der Waals surface area contributed by atoms with Crippen LogP contribution in [0.5, 0.6) is 0 Å². The fourth-order valence-electron chi connectivity index (χ4n) is 2.67. The summed E-state index contributed by atoms with van der Waals surface area (Å²) in [7, 11) is 0. The zero-order valence-corrected chi connectivity index (χ0v) is 14.4. The van der Waals surface area contributed by atoms with Gasteiger partial charge in [-0.2, -0.15) is 0 Å². The minimum Gasteiger partial charge on any atom is -0.256 e. The van der Waals surface area contributed by atoms with Gasteiger partial charge in [0.25, 0.3) is 0 Å². The van der Waals surface area contributed by atoms with Crippen molar-refractivity contribution in [3.8, 4) is 11.3 Å². The van der Waals surface area contributed by atoms with E-state index in [2.05, 4.69) is 83.8 Å². The van der Waals surface area contributed by atoms with Gasteiger partial charge in [0.2, 0.25) is 0 Å². The molecule has 21 heavy (non-hydrogen) atoms. The fraction of sp³-hybridized carbons (Fsp3) is 0.450. The summed E-state index contributed by atoms with van der Waals surface area (Å²) in [5.41, 5.74) is 6.59. The molecule has 1 heteroatoms. The van der Waals surface area contributed by atoms with E-state index in [-0.39, 0.29) is 10.8 Å². The number of hydrogen-bond donors (Lipinski definition) is 0. The molecule has 0 aliphatic rings. The summed E-state index contributed by atoms with van der Waals surface area (Å²) in [4.78, 5) is 4.65. The molecule has 1 aromatic heterocycles. The summed E-state index contributed by atoms with van der Waals surface area (Å²) in [6.45, 7) is 15.6. The summed E-state index contributed by atoms with van der Waals surface area (Å²) >= 11 is 0. The molecule has 0 atom stereocenters. The van der Waals surface area contributed by atoms with E-state index >= 15 is 0 Å². The first-order valence-corrected chi connectivity index (χ1v) is 7.67. The maximum atomic E-state index is 4.65. The van der Waals surface area contributed by atoms with E-state index in [1.54, 1.807) is 0 Å². The van der Waals surface area contributed by atoms with E-state index in [0.29, 0.717) is 0 Å². The monoisotopic (exact) mass is 281 g/mol. The van der Waals surface area contributed by atoms with Crippen LogP contribution in [0.4, 0.5) is 0 Å². The number of aryl methyl sites for hydroxylation is 1. The van der Waals surface area contributed by atoms with E-state index in [0.717, 1.165) is 5.69 Å². The maximum Gasteiger partial charge on any atom is 0.0702 e. The molecule has 0 aliphatic carbocycles. The van der Waals surface area contributed by atoms with Crippen LogP contribution in [0.25, 0.3) is 11.3 Å². The molecular weight excluding hydrogens is 254 g/mol. The van der Waals surface area contributed by atoms with Crippen LogP contribution >= 0.6 is 0 Å². The van der Waals surface area contributed by atoms with Gasteiger partial charge < -0.3 is 0 Å². The van der Waals surface area contributed by atoms with E-state index in [1.165, 1.54) is 22.3 Å². The molecule has 1 nitrogen and oxygen atoms in total. The topological polar surface area (TPSA) is 12.9 Å². The summed E-state index contributed by atoms with van der Waals surface area (Å²) in [5, 5.41) is 0. The second-order valence-corrected chi connectivity index (χ2v) is 7.96. The third kappa shape index (κ3) is 3.53. The Hall–Kier alpha value is -1.63. The third-order valence-corrected chi connectivity index (χ3v) is 3.96. The molecule has 0 bridgehead atoms. The quantitative estimate of drug-likeness (QED) is 0.658. The highest BCUT2D eigenvalue weighted by molar-refractivity contribution is 5.61. The summed E-state index contributed by atoms with van der Waals surface area (Å²) in [5.74, 6) is 0. The average molecular weight is 281 g/mol. The summed E-state index contributed by atoms with van der Waals surface area (Å²) in [6, 6.07) is 11.0. The number of pyridine rings is 1. The van der Waals surface area contributed by atoms with Gasteiger partial charge in [0.05, 0.1) is 5.69 Å². The first-order valence-electron chi connectivity index (χ1n) is 7.67. The van der Waals surface area contributed by atoms with Crippen LogP contribution in [0.1, 0.15) is 58.2 Å². The van der Waals surface area contributed by atoms with E-state index in [4.69, 9.17) is 0 Å². The van der Waals surface area contributed by atoms with Gasteiger partial charge in [-0.05, 0) is 46.6 Å². The normalized spacial score (nSPS) is 12.5. The third-order valence-electron chi connectivity index (χ3n) is 3.96. The minimum absolute atomic E-state index is 0.150. The van der Waals surface area contributed by atoms with Gasteiger partial charge >= 0.3 is 0 Å². The lowest BCUT2D eigenvalue weighted by Gasteiger charge is -2.22. The van der Waals surface area contributed by atoms with Crippen molar-refractivity contribution in [1.29, 1.82) is 0 Å². The molecule has 2 aromatic rings. The molecule has 0 radical (unpaired) electrons. The van der Waals surface area contributed by atoms with Crippen molar-refractivity contribution in [3.05, 3.63) is 53.2 Å². The molecule has 0 fully saturated rings. The predicted molar refractivity (Wildman–Crippen MR) is 91.8 cm³/mol. The van der Waals surface area contributed by atoms with Crippen LogP contribution in [0, 0.1) is 6.92 Å². The van der Waals surface area contributed by atoms with Crippen LogP contribution in [0.15, 0.2) is 36.5 Å². The van der Waals surface area contributed by atoms with Gasteiger partial charge in [-0.3, -0.25) is 4.98 Å². The molecule has 0 N–H and O–H groups in total. The molecule has 0 amide bonds. The Morgan fingerprint density at radius 2 is 1.48 bits per heavy atom. The van der Waals surface area contributed by atoms with E-state index < -0.39 is 0 Å². The van der Waals surface area contributed by atoms with Crippen LogP contribution in [0.3, 0.4) is 0 Å². The van der Waals surface area contributed by atoms with Gasteiger partial charge in [-0.15, -0.1) is 0 Å². The van der Waals surface area contributed by atoms with Gasteiger partial charge in [-0.25, -0.2) is 0 Å². The Labute approximate surface area is 129 Å². The van der Waals surface area contributed by atoms with Crippen molar-refractivity contribution in [3.63, 3.8) is 0 Å². The molecule has 0 unspecified atom stereocenters. The maximum absolute atomic E-state index is 4.65. The lowest BCUT2D eigenvalue weighted by molar-refractivity contribution is 0.586. The molecule has 0 spiro atoms. The number of nitrogens with zero attached hydrogens (tertiary/aromatic N) is 1. The zero-order chi connectivity index (χ0) is 15.8. The smallest absolute Gasteiger partial charge is 0.0702 e. The number of hydrogen-bond acceptors (Lipinski definition) is 1. The molecule has 0 saturated heterocycles. The first-order chi connectivity index (χ1) is 9.59. The van der Waals surface area contributed by atoms with Gasteiger partial charge in [-0.1, -0.05) is 59.7 Å². The second-order valence-electron chi connectivity index (χ2n) is 7.96. The minimum atomic E-state index is 0.150. The molecule has 2 rings (SSSR count). The van der Waals surface area contributed by atoms with Crippen LogP contribution in [-0.2, 0) is 10.8 Å². The van der Waals surface area contributed by atoms with Crippen molar-refractivity contribution in [2.45, 2.75) is 59.3 Å². The number of benzene rings is 1. The van der Waals surface area contributed by atoms with E-state index in [1.807, 2.05) is 6.20 Å². The Kier molecular flexibility index (Phi) is 3.97. The van der Waals surface area contributed by atoms with Crippen molar-refractivity contribution >= 4 is 0 Å². The second kappa shape index (κ2) is 5.29. The summed E-state index contributed by atoms with van der Waals surface area (Å²) in [6.07, 6.45) is 2.00. The lowest BCUT2D eigenvalue weighted by atomic mass is 9.83. The Morgan fingerprint density at radius 1 is 0.810 bits per heavy atom. The standard InChI is InChI=1S/C20H27N/c1-14-12-15(8-10-17(14)20(5,6)7)18-11-9-16(13-21-18)19(2,3)4/h8-13H,1-7H3. The Morgan fingerprint density at radius 3 is 1.90 bits per heavy atom. The highest BCUT2D eigenvalue weighted by atomic mass is 14.7. The van der Waals surface area contributed by atoms with Gasteiger partial charge in [0, 0.05) is 11.8 Å². The average Bonchev–Trinajstić information content (AvgIpc) is 2.36. The molecular formula is C20H27N. The lowest BCUT2D eigenvalue weighted by Crippen LogP contribution is -2.13. The first kappa shape index (κ1) is 15.8. The molecule has 0 aliphatic heterocycles. The molecule has 1 heterocycles. The van der Waals surface area contributed by atoms with Crippen LogP contribution in [-0.4, -0.2) is 4.98 Å². The van der Waals surface area contributed by atoms with E-state index in [9.17, 15) is 0 Å². The highest BCUT2D eigenvalue weighted by Crippen LogP contribution is 2.29. The Bertz CT molecular complexity index is 622. The molecule has 0 saturated carbocycles. The predicted octanol–water partition coefficient (Wildman–Crippen LogP) is 5.65.